The van der Waals surface area contributed by atoms with E-state index in [1.54, 1.807) is 0 Å². The molecule has 0 atom stereocenters. The average molecular weight is 265 g/mol. The summed E-state index contributed by atoms with van der Waals surface area (Å²) in [4.78, 5) is 4.12. The first-order valence-corrected chi connectivity index (χ1v) is 5.59. The van der Waals surface area contributed by atoms with Gasteiger partial charge in [-0.05, 0) is 13.3 Å². The molecule has 104 valence electrons. The molecule has 0 aromatic carbocycles. The minimum atomic E-state index is -4.27. The first kappa shape index (κ1) is 16.6. The fourth-order valence-corrected chi connectivity index (χ4v) is 1.02. The molecule has 0 saturated heterocycles. The maximum atomic E-state index is 11.7. The predicted molar refractivity (Wildman–Crippen MR) is 64.3 cm³/mol. The Balaban J connectivity index is 3.72. The van der Waals surface area contributed by atoms with Crippen LogP contribution in [-0.4, -0.2) is 45.0 Å². The summed E-state index contributed by atoms with van der Waals surface area (Å²) in [5.41, 5.74) is 0. The van der Waals surface area contributed by atoms with Crippen LogP contribution in [0, 0.1) is 12.3 Å². The van der Waals surface area contributed by atoms with Gasteiger partial charge in [0, 0.05) is 19.7 Å². The summed E-state index contributed by atoms with van der Waals surface area (Å²) in [6.45, 7) is 2.11. The highest BCUT2D eigenvalue weighted by Gasteiger charge is 2.27. The first-order chi connectivity index (χ1) is 8.49. The molecule has 0 saturated carbocycles. The van der Waals surface area contributed by atoms with Crippen LogP contribution in [0.5, 0.6) is 0 Å². The molecule has 2 N–H and O–H groups in total. The number of hydrogen-bond donors (Lipinski definition) is 2. The summed E-state index contributed by atoms with van der Waals surface area (Å²) in [7, 11) is 0. The minimum absolute atomic E-state index is 0.0254. The number of terminal acetylenes is 1. The van der Waals surface area contributed by atoms with Gasteiger partial charge in [-0.1, -0.05) is 5.92 Å². The van der Waals surface area contributed by atoms with E-state index in [2.05, 4.69) is 26.3 Å². The van der Waals surface area contributed by atoms with Crippen LogP contribution in [0.3, 0.4) is 0 Å². The molecular formula is C11H18F3N3O. The minimum Gasteiger partial charge on any atom is -0.372 e. The standard InChI is InChI=1S/C11H18F3N3O/c1-3-6-16-10(15-4-2)17-7-5-8-18-9-11(12,13)14/h1H,4-9H2,2H3,(H2,15,16,17). The Kier molecular flexibility index (Phi) is 8.84. The third-order valence-corrected chi connectivity index (χ3v) is 1.68. The van der Waals surface area contributed by atoms with Gasteiger partial charge in [0.05, 0.1) is 6.54 Å². The van der Waals surface area contributed by atoms with E-state index < -0.39 is 12.8 Å². The van der Waals surface area contributed by atoms with E-state index in [4.69, 9.17) is 6.42 Å². The number of ether oxygens (including phenoxy) is 1. The lowest BCUT2D eigenvalue weighted by atomic mass is 10.4. The molecule has 0 amide bonds. The normalized spacial score (nSPS) is 12.1. The smallest absolute Gasteiger partial charge is 0.372 e. The second-order valence-electron chi connectivity index (χ2n) is 3.34. The maximum absolute atomic E-state index is 11.7. The van der Waals surface area contributed by atoms with Crippen molar-refractivity contribution in [1.29, 1.82) is 0 Å². The van der Waals surface area contributed by atoms with E-state index >= 15 is 0 Å². The van der Waals surface area contributed by atoms with Crippen molar-refractivity contribution in [1.82, 2.24) is 10.6 Å². The summed E-state index contributed by atoms with van der Waals surface area (Å²) in [6, 6.07) is 0. The van der Waals surface area contributed by atoms with E-state index in [0.717, 1.165) is 0 Å². The van der Waals surface area contributed by atoms with Gasteiger partial charge < -0.3 is 15.4 Å². The molecule has 0 aromatic heterocycles. The maximum Gasteiger partial charge on any atom is 0.411 e. The zero-order valence-corrected chi connectivity index (χ0v) is 10.3. The number of nitrogens with zero attached hydrogens (tertiary/aromatic N) is 1. The Bertz CT molecular complexity index is 284. The molecule has 7 heteroatoms. The largest absolute Gasteiger partial charge is 0.411 e. The predicted octanol–water partition coefficient (Wildman–Crippen LogP) is 1.14. The Morgan fingerprint density at radius 3 is 2.67 bits per heavy atom. The monoisotopic (exact) mass is 265 g/mol. The van der Waals surface area contributed by atoms with Crippen molar-refractivity contribution < 1.29 is 17.9 Å². The fraction of sp³-hybridized carbons (Fsp3) is 0.727. The van der Waals surface area contributed by atoms with Gasteiger partial charge in [0.25, 0.3) is 0 Å². The summed E-state index contributed by atoms with van der Waals surface area (Å²) < 4.78 is 39.7. The van der Waals surface area contributed by atoms with E-state index in [9.17, 15) is 13.2 Å². The quantitative estimate of drug-likeness (QED) is 0.314. The molecule has 0 aliphatic heterocycles. The van der Waals surface area contributed by atoms with Crippen molar-refractivity contribution in [2.75, 3.05) is 32.8 Å². The SMILES string of the molecule is C#CCNC(=NCCCOCC(F)(F)F)NCC. The van der Waals surface area contributed by atoms with E-state index in [1.807, 2.05) is 6.92 Å². The number of hydrogen-bond acceptors (Lipinski definition) is 2. The third kappa shape index (κ3) is 11.1. The molecule has 18 heavy (non-hydrogen) atoms. The van der Waals surface area contributed by atoms with Gasteiger partial charge in [0.1, 0.15) is 6.61 Å². The number of nitrogens with one attached hydrogen (secondary N) is 2. The molecule has 0 aromatic rings. The Hall–Kier alpha value is -1.42. The Labute approximate surface area is 105 Å². The number of alkyl halides is 3. The molecule has 0 aliphatic carbocycles. The first-order valence-electron chi connectivity index (χ1n) is 5.59. The van der Waals surface area contributed by atoms with Gasteiger partial charge in [0.2, 0.25) is 0 Å². The van der Waals surface area contributed by atoms with Crippen LogP contribution in [0.1, 0.15) is 13.3 Å². The Morgan fingerprint density at radius 2 is 2.11 bits per heavy atom. The molecule has 0 radical (unpaired) electrons. The molecule has 0 spiro atoms. The number of halogens is 3. The summed E-state index contributed by atoms with van der Waals surface area (Å²) >= 11 is 0. The lowest BCUT2D eigenvalue weighted by Gasteiger charge is -2.09. The van der Waals surface area contributed by atoms with Gasteiger partial charge in [-0.3, -0.25) is 4.99 Å². The van der Waals surface area contributed by atoms with E-state index in [1.165, 1.54) is 0 Å². The van der Waals surface area contributed by atoms with Crippen LogP contribution in [0.25, 0.3) is 0 Å². The lowest BCUT2D eigenvalue weighted by Crippen LogP contribution is -2.37. The molecule has 0 bridgehead atoms. The molecular weight excluding hydrogens is 247 g/mol. The third-order valence-electron chi connectivity index (χ3n) is 1.68. The van der Waals surface area contributed by atoms with Crippen LogP contribution in [0.15, 0.2) is 4.99 Å². The molecule has 0 unspecified atom stereocenters. The molecule has 0 aliphatic rings. The molecule has 0 rings (SSSR count). The van der Waals surface area contributed by atoms with Gasteiger partial charge >= 0.3 is 6.18 Å². The number of aliphatic imine (C=N–C) groups is 1. The summed E-state index contributed by atoms with van der Waals surface area (Å²) in [5, 5.41) is 5.82. The van der Waals surface area contributed by atoms with Crippen molar-refractivity contribution in [2.24, 2.45) is 4.99 Å². The molecule has 0 fully saturated rings. The van der Waals surface area contributed by atoms with Crippen molar-refractivity contribution >= 4 is 5.96 Å². The van der Waals surface area contributed by atoms with Crippen molar-refractivity contribution in [3.8, 4) is 12.3 Å². The van der Waals surface area contributed by atoms with Crippen molar-refractivity contribution in [3.05, 3.63) is 0 Å². The molecule has 4 nitrogen and oxygen atoms in total. The van der Waals surface area contributed by atoms with Gasteiger partial charge in [-0.25, -0.2) is 0 Å². The zero-order valence-electron chi connectivity index (χ0n) is 10.3. The zero-order chi connectivity index (χ0) is 13.9. The number of guanidine groups is 1. The lowest BCUT2D eigenvalue weighted by molar-refractivity contribution is -0.173. The van der Waals surface area contributed by atoms with Crippen LogP contribution >= 0.6 is 0 Å². The second kappa shape index (κ2) is 9.59. The fourth-order valence-electron chi connectivity index (χ4n) is 1.02. The van der Waals surface area contributed by atoms with Crippen molar-refractivity contribution in [2.45, 2.75) is 19.5 Å². The summed E-state index contributed by atoms with van der Waals surface area (Å²) in [6.07, 6.45) is 1.23. The topological polar surface area (TPSA) is 45.7 Å². The van der Waals surface area contributed by atoms with Gasteiger partial charge in [-0.2, -0.15) is 13.2 Å². The van der Waals surface area contributed by atoms with Crippen LogP contribution in [0.2, 0.25) is 0 Å². The van der Waals surface area contributed by atoms with Crippen LogP contribution in [0.4, 0.5) is 13.2 Å². The van der Waals surface area contributed by atoms with Crippen molar-refractivity contribution in [3.63, 3.8) is 0 Å². The van der Waals surface area contributed by atoms with Crippen LogP contribution in [-0.2, 0) is 4.74 Å². The highest BCUT2D eigenvalue weighted by Crippen LogP contribution is 2.14. The average Bonchev–Trinajstić information content (AvgIpc) is 2.29. The van der Waals surface area contributed by atoms with E-state index in [-0.39, 0.29) is 6.61 Å². The highest BCUT2D eigenvalue weighted by molar-refractivity contribution is 5.79. The highest BCUT2D eigenvalue weighted by atomic mass is 19.4. The van der Waals surface area contributed by atoms with E-state index in [0.29, 0.717) is 32.0 Å². The number of rotatable bonds is 7. The van der Waals surface area contributed by atoms with Gasteiger partial charge in [0.15, 0.2) is 5.96 Å². The van der Waals surface area contributed by atoms with Gasteiger partial charge in [-0.15, -0.1) is 6.42 Å². The summed E-state index contributed by atoms with van der Waals surface area (Å²) in [5.74, 6) is 2.95. The second-order valence-corrected chi connectivity index (χ2v) is 3.34. The van der Waals surface area contributed by atoms with Crippen LogP contribution < -0.4 is 10.6 Å². The Morgan fingerprint density at radius 1 is 1.39 bits per heavy atom. The molecule has 0 heterocycles.